The number of nitrogens with one attached hydrogen (secondary N) is 1. The third kappa shape index (κ3) is 10.0. The van der Waals surface area contributed by atoms with Crippen molar-refractivity contribution in [3.8, 4) is 0 Å². The van der Waals surface area contributed by atoms with Gasteiger partial charge in [0, 0.05) is 0 Å². The van der Waals surface area contributed by atoms with Crippen LogP contribution < -0.4 is 106 Å². The molecule has 5 N–H and O–H groups in total. The molecular formula is C10H12Li4N5O13P3S. The van der Waals surface area contributed by atoms with E-state index in [2.05, 4.69) is 39.9 Å². The van der Waals surface area contributed by atoms with Crippen LogP contribution in [0.5, 0.6) is 0 Å². The number of hydrogen-bond acceptors (Lipinski definition) is 17. The molecule has 2 aromatic rings. The Labute approximate surface area is 254 Å². The molecule has 3 rings (SSSR count). The van der Waals surface area contributed by atoms with Crippen LogP contribution in [0.4, 0.5) is 5.95 Å². The van der Waals surface area contributed by atoms with Crippen molar-refractivity contribution in [1.82, 2.24) is 19.5 Å². The van der Waals surface area contributed by atoms with Gasteiger partial charge >= 0.3 is 75.4 Å². The molecule has 2 unspecified atom stereocenters. The summed E-state index contributed by atoms with van der Waals surface area (Å²) in [6.07, 6.45) is -5.46. The fourth-order valence-electron chi connectivity index (χ4n) is 2.67. The Morgan fingerprint density at radius 2 is 1.69 bits per heavy atom. The minimum absolute atomic E-state index is 0. The van der Waals surface area contributed by atoms with Gasteiger partial charge in [0.2, 0.25) is 5.95 Å². The van der Waals surface area contributed by atoms with Crippen molar-refractivity contribution in [1.29, 1.82) is 0 Å². The van der Waals surface area contributed by atoms with Gasteiger partial charge in [-0.2, -0.15) is 4.98 Å². The number of aliphatic hydroxyl groups excluding tert-OH is 2. The Morgan fingerprint density at radius 3 is 2.25 bits per heavy atom. The van der Waals surface area contributed by atoms with Crippen molar-refractivity contribution in [2.45, 2.75) is 24.5 Å². The standard InChI is InChI=1S/C10H16N5O13P3S.4Li/c11-10-13-7-4(8(18)14-10)12-2-15(7)9-6(17)5(16)3(26-9)1-25-29(19,20)27-30(21,22)28-31(23,24)32;;;;/h2-3,5-6,9,16-17H,1H2,(H,19,20)(H,21,22)(H2,23,24,32)(H3,11,13,14,18);;;;/q;4*+1/p-4/t3-,5-,6+,9-;;;;/m1..../s1. The van der Waals surface area contributed by atoms with Gasteiger partial charge in [0.05, 0.1) is 12.9 Å². The zero-order chi connectivity index (χ0) is 24.1. The number of H-pyrrole nitrogens is 1. The first-order valence-corrected chi connectivity index (χ1v) is 13.5. The first-order chi connectivity index (χ1) is 14.6. The van der Waals surface area contributed by atoms with Gasteiger partial charge in [0.15, 0.2) is 17.4 Å². The van der Waals surface area contributed by atoms with E-state index in [1.807, 2.05) is 0 Å². The van der Waals surface area contributed by atoms with Crippen molar-refractivity contribution in [2.75, 3.05) is 12.3 Å². The molecule has 0 bridgehead atoms. The van der Waals surface area contributed by atoms with Gasteiger partial charge in [0.25, 0.3) is 21.2 Å². The molecule has 1 fully saturated rings. The molecule has 26 heteroatoms. The summed E-state index contributed by atoms with van der Waals surface area (Å²) in [5, 5.41) is 20.4. The fraction of sp³-hybridized carbons (Fsp3) is 0.500. The van der Waals surface area contributed by atoms with E-state index in [-0.39, 0.29) is 92.6 Å². The zero-order valence-corrected chi connectivity index (χ0v) is 22.6. The smallest absolute Gasteiger partial charge is 0.812 e. The molecule has 36 heavy (non-hydrogen) atoms. The molecule has 1 aliphatic rings. The van der Waals surface area contributed by atoms with Gasteiger partial charge in [-0.05, 0) is 0 Å². The number of phosphoric ester groups is 1. The maximum absolute atomic E-state index is 11.8. The van der Waals surface area contributed by atoms with E-state index in [9.17, 15) is 43.7 Å². The summed E-state index contributed by atoms with van der Waals surface area (Å²) >= 11 is 3.67. The predicted octanol–water partition coefficient (Wildman–Crippen LogP) is -16.7. The van der Waals surface area contributed by atoms with Crippen molar-refractivity contribution < 1.29 is 132 Å². The summed E-state index contributed by atoms with van der Waals surface area (Å²) in [4.78, 5) is 66.0. The van der Waals surface area contributed by atoms with E-state index in [1.165, 1.54) is 0 Å². The first kappa shape index (κ1) is 39.4. The van der Waals surface area contributed by atoms with Gasteiger partial charge in [-0.15, -0.1) is 11.8 Å². The third-order valence-electron chi connectivity index (χ3n) is 3.86. The SMILES string of the molecule is Nc1nc2c(ncn2[C@@H]2O[C@H](COP(=O)([O-])OP(=O)([O-])OP([O-])([O-])=S)[C@@H](O)[C@@H]2O)c(=O)[nH]1.[Li+].[Li+].[Li+].[Li+]. The summed E-state index contributed by atoms with van der Waals surface area (Å²) in [7, 11) is -11.7. The summed E-state index contributed by atoms with van der Waals surface area (Å²) in [6, 6.07) is 0. The Morgan fingerprint density at radius 1 is 1.11 bits per heavy atom. The zero-order valence-electron chi connectivity index (χ0n) is 19.1. The molecule has 0 spiro atoms. The van der Waals surface area contributed by atoms with Crippen LogP contribution in [0, 0.1) is 0 Å². The Hall–Kier alpha value is 1.25. The molecule has 0 radical (unpaired) electrons. The quantitative estimate of drug-likeness (QED) is 0.171. The Bertz CT molecular complexity index is 1230. The van der Waals surface area contributed by atoms with E-state index >= 15 is 0 Å². The molecule has 0 saturated carbocycles. The Balaban J connectivity index is 0. The molecule has 0 aromatic carbocycles. The topological polar surface area (TPSA) is 293 Å². The van der Waals surface area contributed by atoms with Gasteiger partial charge < -0.3 is 49.1 Å². The van der Waals surface area contributed by atoms with E-state index in [0.717, 1.165) is 10.9 Å². The molecular weight excluding hydrogens is 551 g/mol. The summed E-state index contributed by atoms with van der Waals surface area (Å²) in [6.45, 7) is -6.41. The van der Waals surface area contributed by atoms with Crippen molar-refractivity contribution in [3.63, 3.8) is 0 Å². The average Bonchev–Trinajstić information content (AvgIpc) is 3.12. The number of phosphoric acid groups is 2. The number of anilines is 1. The molecule has 0 aliphatic carbocycles. The first-order valence-electron chi connectivity index (χ1n) is 8.04. The number of ether oxygens (including phenoxy) is 1. The van der Waals surface area contributed by atoms with Crippen LogP contribution in [-0.2, 0) is 38.8 Å². The van der Waals surface area contributed by atoms with Crippen molar-refractivity contribution in [2.24, 2.45) is 0 Å². The number of aromatic nitrogens is 4. The minimum atomic E-state index is -5.96. The monoisotopic (exact) mass is 563 g/mol. The molecule has 1 saturated heterocycles. The van der Waals surface area contributed by atoms with Gasteiger partial charge in [-0.1, -0.05) is 6.72 Å². The number of fused-ring (bicyclic) bond motifs is 1. The van der Waals surface area contributed by atoms with Crippen molar-refractivity contribution >= 4 is 51.3 Å². The number of aromatic amines is 1. The van der Waals surface area contributed by atoms with Crippen LogP contribution in [0.2, 0.25) is 0 Å². The van der Waals surface area contributed by atoms with Crippen LogP contribution in [0.1, 0.15) is 6.23 Å². The average molecular weight is 563 g/mol. The second kappa shape index (κ2) is 14.8. The number of rotatable bonds is 8. The fourth-order valence-corrected chi connectivity index (χ4v) is 6.27. The number of hydrogen-bond donors (Lipinski definition) is 4. The van der Waals surface area contributed by atoms with Crippen LogP contribution in [0.15, 0.2) is 11.1 Å². The molecule has 1 aliphatic heterocycles. The molecule has 2 aromatic heterocycles. The number of aliphatic hydroxyl groups is 2. The van der Waals surface area contributed by atoms with E-state index in [0.29, 0.717) is 0 Å². The van der Waals surface area contributed by atoms with Gasteiger partial charge in [0.1, 0.15) is 18.3 Å². The van der Waals surface area contributed by atoms with Crippen LogP contribution in [0.25, 0.3) is 11.2 Å². The maximum atomic E-state index is 11.8. The predicted molar refractivity (Wildman–Crippen MR) is 96.1 cm³/mol. The summed E-state index contributed by atoms with van der Waals surface area (Å²) in [5.74, 6) is -0.285. The van der Waals surface area contributed by atoms with Gasteiger partial charge in [-0.3, -0.25) is 23.5 Å². The van der Waals surface area contributed by atoms with Crippen LogP contribution in [0.3, 0.4) is 0 Å². The summed E-state index contributed by atoms with van der Waals surface area (Å²) in [5.41, 5.74) is 4.46. The number of imidazole rings is 1. The molecule has 3 heterocycles. The van der Waals surface area contributed by atoms with Gasteiger partial charge in [-0.25, -0.2) is 9.29 Å². The molecule has 0 amide bonds. The second-order valence-corrected chi connectivity index (χ2v) is 11.7. The molecule has 6 atom stereocenters. The summed E-state index contributed by atoms with van der Waals surface area (Å²) < 4.78 is 40.5. The number of nitrogens with zero attached hydrogens (tertiary/aromatic N) is 3. The van der Waals surface area contributed by atoms with Crippen LogP contribution in [-0.4, -0.2) is 54.7 Å². The van der Waals surface area contributed by atoms with E-state index in [4.69, 9.17) is 10.5 Å². The Kier molecular flexibility index (Phi) is 16.1. The largest absolute Gasteiger partial charge is 1.00 e. The maximum Gasteiger partial charge on any atom is 1.00 e. The van der Waals surface area contributed by atoms with Crippen LogP contribution >= 0.6 is 22.4 Å². The van der Waals surface area contributed by atoms with E-state index < -0.39 is 59.1 Å². The molecule has 180 valence electrons. The van der Waals surface area contributed by atoms with Crippen molar-refractivity contribution in [3.05, 3.63) is 16.7 Å². The number of nitrogens with two attached hydrogens (primary N) is 1. The minimum Gasteiger partial charge on any atom is -0.812 e. The number of nitrogen functional groups attached to an aromatic ring is 1. The normalized spacial score (nSPS) is 24.8. The van der Waals surface area contributed by atoms with E-state index in [1.54, 1.807) is 0 Å². The molecule has 18 nitrogen and oxygen atoms in total. The third-order valence-corrected chi connectivity index (χ3v) is 8.12. The second-order valence-electron chi connectivity index (χ2n) is 6.12.